The van der Waals surface area contributed by atoms with E-state index in [9.17, 15) is 4.79 Å². The standard InChI is InChI=1S/C20H24N4O2/c1-3-24(4-2)12-11-14-7-5-8-15(13-14)19-22-16-9-6-10-17(18(16)23-19)26-20(21)25/h5-10,13H,3-4,11-12H2,1-2H3,(H2,21,25)(H,22,23). The molecule has 1 amide bonds. The van der Waals surface area contributed by atoms with Crippen LogP contribution in [0.25, 0.3) is 22.4 Å². The van der Waals surface area contributed by atoms with Gasteiger partial charge in [-0.1, -0.05) is 38.1 Å². The zero-order valence-electron chi connectivity index (χ0n) is 15.2. The van der Waals surface area contributed by atoms with Gasteiger partial charge in [0.1, 0.15) is 11.3 Å². The minimum absolute atomic E-state index is 0.357. The minimum Gasteiger partial charge on any atom is -0.408 e. The van der Waals surface area contributed by atoms with Crippen molar-refractivity contribution >= 4 is 17.1 Å². The summed E-state index contributed by atoms with van der Waals surface area (Å²) >= 11 is 0. The average Bonchev–Trinajstić information content (AvgIpc) is 3.08. The number of rotatable bonds is 7. The number of aromatic amines is 1. The van der Waals surface area contributed by atoms with Crippen LogP contribution in [0.4, 0.5) is 4.79 Å². The van der Waals surface area contributed by atoms with Crippen molar-refractivity contribution in [2.45, 2.75) is 20.3 Å². The topological polar surface area (TPSA) is 84.2 Å². The smallest absolute Gasteiger partial charge is 0.408 e. The Bertz CT molecular complexity index is 900. The van der Waals surface area contributed by atoms with Crippen LogP contribution in [-0.4, -0.2) is 40.6 Å². The third-order valence-electron chi connectivity index (χ3n) is 4.50. The SMILES string of the molecule is CCN(CC)CCc1cccc(-c2nc3c(OC(N)=O)cccc3[nH]2)c1. The number of carbonyl (C=O) groups is 1. The van der Waals surface area contributed by atoms with Crippen LogP contribution >= 0.6 is 0 Å². The molecule has 0 fully saturated rings. The predicted octanol–water partition coefficient (Wildman–Crippen LogP) is 3.57. The largest absolute Gasteiger partial charge is 0.410 e. The predicted molar refractivity (Wildman–Crippen MR) is 103 cm³/mol. The number of imidazole rings is 1. The van der Waals surface area contributed by atoms with Gasteiger partial charge in [0.25, 0.3) is 0 Å². The number of para-hydroxylation sites is 1. The van der Waals surface area contributed by atoms with Crippen molar-refractivity contribution in [2.75, 3.05) is 19.6 Å². The minimum atomic E-state index is -0.847. The van der Waals surface area contributed by atoms with Gasteiger partial charge < -0.3 is 20.4 Å². The molecule has 3 aromatic rings. The molecule has 0 saturated carbocycles. The maximum absolute atomic E-state index is 11.1. The lowest BCUT2D eigenvalue weighted by molar-refractivity contribution is 0.211. The zero-order chi connectivity index (χ0) is 18.5. The number of hydrogen-bond acceptors (Lipinski definition) is 4. The van der Waals surface area contributed by atoms with Crippen molar-refractivity contribution in [3.63, 3.8) is 0 Å². The van der Waals surface area contributed by atoms with E-state index in [1.165, 1.54) is 5.56 Å². The number of ether oxygens (including phenoxy) is 1. The molecule has 0 atom stereocenters. The summed E-state index contributed by atoms with van der Waals surface area (Å²) in [5.74, 6) is 1.10. The Morgan fingerprint density at radius 3 is 2.69 bits per heavy atom. The molecule has 136 valence electrons. The average molecular weight is 352 g/mol. The van der Waals surface area contributed by atoms with Crippen LogP contribution in [0.3, 0.4) is 0 Å². The normalized spacial score (nSPS) is 11.2. The van der Waals surface area contributed by atoms with Crippen molar-refractivity contribution in [2.24, 2.45) is 5.73 Å². The van der Waals surface area contributed by atoms with E-state index in [1.807, 2.05) is 18.2 Å². The van der Waals surface area contributed by atoms with E-state index >= 15 is 0 Å². The number of nitrogens with one attached hydrogen (secondary N) is 1. The van der Waals surface area contributed by atoms with Crippen molar-refractivity contribution in [3.05, 3.63) is 48.0 Å². The van der Waals surface area contributed by atoms with Crippen LogP contribution in [0.15, 0.2) is 42.5 Å². The van der Waals surface area contributed by atoms with Crippen LogP contribution in [0.1, 0.15) is 19.4 Å². The Morgan fingerprint density at radius 1 is 1.19 bits per heavy atom. The van der Waals surface area contributed by atoms with Crippen LogP contribution < -0.4 is 10.5 Å². The summed E-state index contributed by atoms with van der Waals surface area (Å²) in [5.41, 5.74) is 8.79. The van der Waals surface area contributed by atoms with Crippen LogP contribution in [0, 0.1) is 0 Å². The van der Waals surface area contributed by atoms with Gasteiger partial charge >= 0.3 is 6.09 Å². The van der Waals surface area contributed by atoms with Gasteiger partial charge in [-0.15, -0.1) is 0 Å². The molecule has 0 aliphatic heterocycles. The molecule has 0 saturated heterocycles. The lowest BCUT2D eigenvalue weighted by Crippen LogP contribution is -2.25. The molecule has 6 nitrogen and oxygen atoms in total. The molecule has 0 aliphatic rings. The number of primary amides is 1. The van der Waals surface area contributed by atoms with Gasteiger partial charge in [0, 0.05) is 12.1 Å². The van der Waals surface area contributed by atoms with E-state index in [-0.39, 0.29) is 0 Å². The van der Waals surface area contributed by atoms with Crippen LogP contribution in [0.2, 0.25) is 0 Å². The maximum atomic E-state index is 11.1. The van der Waals surface area contributed by atoms with E-state index in [1.54, 1.807) is 12.1 Å². The molecule has 0 aliphatic carbocycles. The van der Waals surface area contributed by atoms with Gasteiger partial charge in [0.15, 0.2) is 5.75 Å². The zero-order valence-corrected chi connectivity index (χ0v) is 15.2. The molecule has 3 N–H and O–H groups in total. The first-order valence-electron chi connectivity index (χ1n) is 8.88. The number of aromatic nitrogens is 2. The van der Waals surface area contributed by atoms with Crippen LogP contribution in [0.5, 0.6) is 5.75 Å². The van der Waals surface area contributed by atoms with E-state index in [4.69, 9.17) is 10.5 Å². The third-order valence-corrected chi connectivity index (χ3v) is 4.50. The number of fused-ring (bicyclic) bond motifs is 1. The second-order valence-corrected chi connectivity index (χ2v) is 6.14. The molecular formula is C20H24N4O2. The molecule has 2 aromatic carbocycles. The highest BCUT2D eigenvalue weighted by Gasteiger charge is 2.12. The number of likely N-dealkylation sites (N-methyl/N-ethyl adjacent to an activating group) is 1. The quantitative estimate of drug-likeness (QED) is 0.681. The summed E-state index contributed by atoms with van der Waals surface area (Å²) in [6.45, 7) is 7.51. The number of nitrogens with zero attached hydrogens (tertiary/aromatic N) is 2. The molecule has 6 heteroatoms. The molecule has 1 heterocycles. The molecular weight excluding hydrogens is 328 g/mol. The fourth-order valence-electron chi connectivity index (χ4n) is 3.03. The third kappa shape index (κ3) is 4.03. The van der Waals surface area contributed by atoms with Crippen molar-refractivity contribution in [3.8, 4) is 17.1 Å². The highest BCUT2D eigenvalue weighted by atomic mass is 16.5. The number of benzene rings is 2. The Labute approximate surface area is 153 Å². The number of H-pyrrole nitrogens is 1. The van der Waals surface area contributed by atoms with E-state index in [0.717, 1.165) is 43.0 Å². The van der Waals surface area contributed by atoms with E-state index < -0.39 is 6.09 Å². The number of amides is 1. The first-order valence-corrected chi connectivity index (χ1v) is 8.88. The Balaban J connectivity index is 1.87. The van der Waals surface area contributed by atoms with Gasteiger partial charge in [-0.2, -0.15) is 0 Å². The summed E-state index contributed by atoms with van der Waals surface area (Å²) in [6, 6.07) is 13.7. The summed E-state index contributed by atoms with van der Waals surface area (Å²) in [7, 11) is 0. The Kier molecular flexibility index (Phi) is 5.53. The summed E-state index contributed by atoms with van der Waals surface area (Å²) in [5, 5.41) is 0. The number of nitrogens with two attached hydrogens (primary N) is 1. The molecule has 1 aromatic heterocycles. The van der Waals surface area contributed by atoms with Gasteiger partial charge in [-0.3, -0.25) is 0 Å². The van der Waals surface area contributed by atoms with E-state index in [0.29, 0.717) is 11.3 Å². The fraction of sp³-hybridized carbons (Fsp3) is 0.300. The fourth-order valence-corrected chi connectivity index (χ4v) is 3.03. The van der Waals surface area contributed by atoms with Gasteiger partial charge in [-0.05, 0) is 43.3 Å². The lowest BCUT2D eigenvalue weighted by Gasteiger charge is -2.17. The summed E-state index contributed by atoms with van der Waals surface area (Å²) in [4.78, 5) is 21.4. The maximum Gasteiger partial charge on any atom is 0.410 e. The Hall–Kier alpha value is -2.86. The Morgan fingerprint density at radius 2 is 1.96 bits per heavy atom. The van der Waals surface area contributed by atoms with Gasteiger partial charge in [-0.25, -0.2) is 9.78 Å². The van der Waals surface area contributed by atoms with Crippen molar-refractivity contribution in [1.29, 1.82) is 0 Å². The first-order chi connectivity index (χ1) is 12.6. The second-order valence-electron chi connectivity index (χ2n) is 6.14. The van der Waals surface area contributed by atoms with E-state index in [2.05, 4.69) is 40.8 Å². The van der Waals surface area contributed by atoms with Crippen molar-refractivity contribution in [1.82, 2.24) is 14.9 Å². The molecule has 0 unspecified atom stereocenters. The van der Waals surface area contributed by atoms with Crippen LogP contribution in [-0.2, 0) is 6.42 Å². The molecule has 0 spiro atoms. The lowest BCUT2D eigenvalue weighted by atomic mass is 10.1. The summed E-state index contributed by atoms with van der Waals surface area (Å²) in [6.07, 6.45) is 0.145. The molecule has 0 radical (unpaired) electrons. The van der Waals surface area contributed by atoms with Gasteiger partial charge in [0.05, 0.1) is 5.52 Å². The highest BCUT2D eigenvalue weighted by molar-refractivity contribution is 5.87. The number of carbonyl (C=O) groups excluding carboxylic acids is 1. The number of hydrogen-bond donors (Lipinski definition) is 2. The first kappa shape index (κ1) is 17.9. The molecule has 3 rings (SSSR count). The molecule has 0 bridgehead atoms. The monoisotopic (exact) mass is 352 g/mol. The summed E-state index contributed by atoms with van der Waals surface area (Å²) < 4.78 is 5.04. The molecule has 26 heavy (non-hydrogen) atoms. The highest BCUT2D eigenvalue weighted by Crippen LogP contribution is 2.27. The second kappa shape index (κ2) is 8.01. The van der Waals surface area contributed by atoms with Crippen molar-refractivity contribution < 1.29 is 9.53 Å². The van der Waals surface area contributed by atoms with Gasteiger partial charge in [0.2, 0.25) is 0 Å².